The number of amides is 2. The highest BCUT2D eigenvalue weighted by Gasteiger charge is 2.33. The van der Waals surface area contributed by atoms with Gasteiger partial charge in [-0.1, -0.05) is 18.2 Å². The number of thiophene rings is 1. The normalized spacial score (nSPS) is 11.1. The van der Waals surface area contributed by atoms with Gasteiger partial charge in [-0.25, -0.2) is 0 Å². The molecule has 0 atom stereocenters. The van der Waals surface area contributed by atoms with E-state index in [1.54, 1.807) is 16.8 Å². The van der Waals surface area contributed by atoms with Crippen LogP contribution in [0.25, 0.3) is 0 Å². The number of rotatable bonds is 9. The molecule has 0 spiro atoms. The minimum Gasteiger partial charge on any atom is -0.352 e. The molecule has 0 bridgehead atoms. The highest BCUT2D eigenvalue weighted by molar-refractivity contribution is 7.08. The number of hydrogen-bond donors (Lipinski definition) is 1. The van der Waals surface area contributed by atoms with Gasteiger partial charge >= 0.3 is 6.18 Å². The lowest BCUT2D eigenvalue weighted by Gasteiger charge is -2.24. The Kier molecular flexibility index (Phi) is 7.71. The van der Waals surface area contributed by atoms with Crippen LogP contribution in [0.3, 0.4) is 0 Å². The van der Waals surface area contributed by atoms with Crippen LogP contribution >= 0.6 is 11.3 Å². The third-order valence-corrected chi connectivity index (χ3v) is 4.59. The SMILES string of the molecule is O=C(NCCCC(=O)N(Cc1ccccc1[N+](=O)[O-])CC(F)(F)F)c1ccsc1. The van der Waals surface area contributed by atoms with Crippen molar-refractivity contribution in [3.63, 3.8) is 0 Å². The van der Waals surface area contributed by atoms with Crippen LogP contribution in [0.4, 0.5) is 18.9 Å². The third kappa shape index (κ3) is 7.18. The van der Waals surface area contributed by atoms with Crippen LogP contribution in [0.1, 0.15) is 28.8 Å². The maximum Gasteiger partial charge on any atom is 0.406 e. The van der Waals surface area contributed by atoms with Crippen molar-refractivity contribution in [2.24, 2.45) is 0 Å². The Balaban J connectivity index is 1.97. The number of hydrogen-bond acceptors (Lipinski definition) is 5. The second-order valence-corrected chi connectivity index (χ2v) is 6.90. The van der Waals surface area contributed by atoms with Gasteiger partial charge in [0.15, 0.2) is 0 Å². The molecule has 2 aromatic rings. The Morgan fingerprint density at radius 3 is 2.55 bits per heavy atom. The molecule has 0 saturated heterocycles. The van der Waals surface area contributed by atoms with Crippen LogP contribution in [0.2, 0.25) is 0 Å². The van der Waals surface area contributed by atoms with E-state index in [0.717, 1.165) is 0 Å². The van der Waals surface area contributed by atoms with E-state index in [0.29, 0.717) is 10.5 Å². The topological polar surface area (TPSA) is 92.6 Å². The number of nitro benzene ring substituents is 1. The van der Waals surface area contributed by atoms with Gasteiger partial charge in [0, 0.05) is 35.5 Å². The number of carbonyl (C=O) groups is 2. The monoisotopic (exact) mass is 429 g/mol. The van der Waals surface area contributed by atoms with E-state index in [1.807, 2.05) is 0 Å². The Morgan fingerprint density at radius 2 is 1.93 bits per heavy atom. The second-order valence-electron chi connectivity index (χ2n) is 6.12. The molecule has 29 heavy (non-hydrogen) atoms. The van der Waals surface area contributed by atoms with Crippen molar-refractivity contribution in [2.75, 3.05) is 13.1 Å². The van der Waals surface area contributed by atoms with Crippen molar-refractivity contribution < 1.29 is 27.7 Å². The fraction of sp³-hybridized carbons (Fsp3) is 0.333. The first-order chi connectivity index (χ1) is 13.7. The molecule has 7 nitrogen and oxygen atoms in total. The van der Waals surface area contributed by atoms with Gasteiger partial charge in [-0.15, -0.1) is 0 Å². The molecular formula is C18H18F3N3O4S. The minimum absolute atomic E-state index is 0.0147. The maximum atomic E-state index is 12.9. The van der Waals surface area contributed by atoms with Crippen molar-refractivity contribution >= 4 is 28.8 Å². The number of alkyl halides is 3. The zero-order valence-electron chi connectivity index (χ0n) is 15.1. The lowest BCUT2D eigenvalue weighted by Crippen LogP contribution is -2.39. The molecule has 0 aliphatic rings. The zero-order valence-corrected chi connectivity index (χ0v) is 16.0. The lowest BCUT2D eigenvalue weighted by molar-refractivity contribution is -0.385. The van der Waals surface area contributed by atoms with Gasteiger partial charge < -0.3 is 10.2 Å². The molecular weight excluding hydrogens is 411 g/mol. The molecule has 2 rings (SSSR count). The summed E-state index contributed by atoms with van der Waals surface area (Å²) in [4.78, 5) is 35.0. The second kappa shape index (κ2) is 10.0. The van der Waals surface area contributed by atoms with Gasteiger partial charge in [-0.3, -0.25) is 19.7 Å². The van der Waals surface area contributed by atoms with Gasteiger partial charge in [-0.2, -0.15) is 24.5 Å². The standard InChI is InChI=1S/C18H18F3N3O4S/c19-18(20,21)12-23(10-13-4-1-2-5-15(13)24(27)28)16(25)6-3-8-22-17(26)14-7-9-29-11-14/h1-2,4-5,7,9,11H,3,6,8,10,12H2,(H,22,26). The number of nitrogens with zero attached hydrogens (tertiary/aromatic N) is 2. The van der Waals surface area contributed by atoms with Crippen LogP contribution in [0, 0.1) is 10.1 Å². The Morgan fingerprint density at radius 1 is 1.21 bits per heavy atom. The van der Waals surface area contributed by atoms with Crippen molar-refractivity contribution in [1.29, 1.82) is 0 Å². The smallest absolute Gasteiger partial charge is 0.352 e. The molecule has 0 radical (unpaired) electrons. The summed E-state index contributed by atoms with van der Waals surface area (Å²) >= 11 is 1.35. The average Bonchev–Trinajstić information content (AvgIpc) is 3.18. The van der Waals surface area contributed by atoms with E-state index in [1.165, 1.54) is 35.6 Å². The summed E-state index contributed by atoms with van der Waals surface area (Å²) in [5.41, 5.74) is 0.132. The molecule has 0 aliphatic carbocycles. The molecule has 0 fully saturated rings. The number of nitrogens with one attached hydrogen (secondary N) is 1. The van der Waals surface area contributed by atoms with Gasteiger partial charge in [0.05, 0.1) is 11.5 Å². The number of nitro groups is 1. The van der Waals surface area contributed by atoms with Gasteiger partial charge in [0.2, 0.25) is 5.91 Å². The first-order valence-electron chi connectivity index (χ1n) is 8.54. The summed E-state index contributed by atoms with van der Waals surface area (Å²) in [6.07, 6.45) is -4.74. The molecule has 1 N–H and O–H groups in total. The zero-order chi connectivity index (χ0) is 21.4. The fourth-order valence-electron chi connectivity index (χ4n) is 2.57. The summed E-state index contributed by atoms with van der Waals surface area (Å²) in [6.45, 7) is -1.93. The Hall–Kier alpha value is -2.95. The third-order valence-electron chi connectivity index (χ3n) is 3.91. The summed E-state index contributed by atoms with van der Waals surface area (Å²) < 4.78 is 38.7. The number of benzene rings is 1. The maximum absolute atomic E-state index is 12.9. The largest absolute Gasteiger partial charge is 0.406 e. The fourth-order valence-corrected chi connectivity index (χ4v) is 3.21. The lowest BCUT2D eigenvalue weighted by atomic mass is 10.1. The molecule has 1 aromatic carbocycles. The van der Waals surface area contributed by atoms with Crippen molar-refractivity contribution in [3.8, 4) is 0 Å². The van der Waals surface area contributed by atoms with Crippen LogP contribution in [-0.4, -0.2) is 40.9 Å². The van der Waals surface area contributed by atoms with E-state index in [-0.39, 0.29) is 36.5 Å². The van der Waals surface area contributed by atoms with Crippen LogP contribution in [-0.2, 0) is 11.3 Å². The molecule has 1 heterocycles. The van der Waals surface area contributed by atoms with E-state index in [2.05, 4.69) is 5.32 Å². The summed E-state index contributed by atoms with van der Waals surface area (Å²) in [5, 5.41) is 17.0. The number of halogens is 3. The molecule has 0 unspecified atom stereocenters. The summed E-state index contributed by atoms with van der Waals surface area (Å²) in [7, 11) is 0. The van der Waals surface area contributed by atoms with E-state index < -0.39 is 30.1 Å². The van der Waals surface area contributed by atoms with Gasteiger partial charge in [0.1, 0.15) is 6.54 Å². The van der Waals surface area contributed by atoms with Crippen LogP contribution in [0.15, 0.2) is 41.1 Å². The van der Waals surface area contributed by atoms with E-state index >= 15 is 0 Å². The van der Waals surface area contributed by atoms with E-state index in [9.17, 15) is 32.9 Å². The Bertz CT molecular complexity index is 856. The van der Waals surface area contributed by atoms with Gasteiger partial charge in [-0.05, 0) is 17.9 Å². The molecule has 156 valence electrons. The van der Waals surface area contributed by atoms with Gasteiger partial charge in [0.25, 0.3) is 11.6 Å². The molecule has 2 amide bonds. The molecule has 0 saturated carbocycles. The average molecular weight is 429 g/mol. The number of carbonyl (C=O) groups excluding carboxylic acids is 2. The van der Waals surface area contributed by atoms with E-state index in [4.69, 9.17) is 0 Å². The predicted octanol–water partition coefficient (Wildman–Crippen LogP) is 3.76. The van der Waals surface area contributed by atoms with Crippen molar-refractivity contribution in [2.45, 2.75) is 25.6 Å². The minimum atomic E-state index is -4.65. The van der Waals surface area contributed by atoms with Crippen LogP contribution < -0.4 is 5.32 Å². The highest BCUT2D eigenvalue weighted by atomic mass is 32.1. The molecule has 1 aromatic heterocycles. The predicted molar refractivity (Wildman–Crippen MR) is 100 cm³/mol. The molecule has 11 heteroatoms. The summed E-state index contributed by atoms with van der Waals surface area (Å²) in [6, 6.07) is 6.97. The molecule has 0 aliphatic heterocycles. The first kappa shape index (κ1) is 22.3. The highest BCUT2D eigenvalue weighted by Crippen LogP contribution is 2.23. The summed E-state index contributed by atoms with van der Waals surface area (Å²) in [5.74, 6) is -1.13. The van der Waals surface area contributed by atoms with Crippen molar-refractivity contribution in [1.82, 2.24) is 10.2 Å². The Labute approximate surface area is 168 Å². The quantitative estimate of drug-likeness (QED) is 0.373. The first-order valence-corrected chi connectivity index (χ1v) is 9.49. The van der Waals surface area contributed by atoms with Crippen LogP contribution in [0.5, 0.6) is 0 Å². The van der Waals surface area contributed by atoms with Crippen molar-refractivity contribution in [3.05, 3.63) is 62.3 Å². The number of para-hydroxylation sites is 1.